The number of aryl methyl sites for hydroxylation is 1. The first-order valence-corrected chi connectivity index (χ1v) is 9.77. The van der Waals surface area contributed by atoms with E-state index < -0.39 is 11.5 Å². The molecule has 0 saturated heterocycles. The molecule has 1 aromatic carbocycles. The van der Waals surface area contributed by atoms with E-state index in [0.29, 0.717) is 29.8 Å². The summed E-state index contributed by atoms with van der Waals surface area (Å²) in [5.74, 6) is -0.324. The number of carbonyl (C=O) groups excluding carboxylic acids is 1. The van der Waals surface area contributed by atoms with Crippen LogP contribution in [0.1, 0.15) is 42.5 Å². The van der Waals surface area contributed by atoms with Gasteiger partial charge < -0.3 is 20.1 Å². The van der Waals surface area contributed by atoms with Gasteiger partial charge in [-0.2, -0.15) is 0 Å². The number of nitrogens with two attached hydrogens (primary N) is 1. The number of fused-ring (bicyclic) bond motifs is 5. The number of hydrogen-bond donors (Lipinski definition) is 2. The molecule has 3 N–H and O–H groups in total. The molecule has 0 fully saturated rings. The number of phenolic OH excluding ortho intramolecular Hbond substituents is 1. The highest BCUT2D eigenvalue weighted by Crippen LogP contribution is 2.39. The molecule has 0 amide bonds. The molecule has 2 aliphatic rings. The van der Waals surface area contributed by atoms with E-state index >= 15 is 0 Å². The smallest absolute Gasteiger partial charge is 0.331 e. The van der Waals surface area contributed by atoms with E-state index in [4.69, 9.17) is 15.5 Å². The lowest BCUT2D eigenvalue weighted by molar-refractivity contribution is -0.154. The van der Waals surface area contributed by atoms with Gasteiger partial charge >= 0.3 is 5.97 Å². The fourth-order valence-electron chi connectivity index (χ4n) is 4.59. The molecule has 0 aliphatic carbocycles. The van der Waals surface area contributed by atoms with Gasteiger partial charge in [0.1, 0.15) is 17.9 Å². The monoisotopic (exact) mass is 391 g/mol. The predicted octanol–water partition coefficient (Wildman–Crippen LogP) is 2.31. The van der Waals surface area contributed by atoms with Crippen LogP contribution in [0.25, 0.3) is 22.3 Å². The maximum Gasteiger partial charge on any atom is 0.331 e. The van der Waals surface area contributed by atoms with Crippen molar-refractivity contribution in [2.45, 2.75) is 45.4 Å². The number of hydrogen-bond acceptors (Lipinski definition) is 6. The van der Waals surface area contributed by atoms with Crippen LogP contribution in [0.2, 0.25) is 0 Å². The van der Waals surface area contributed by atoms with Gasteiger partial charge in [0, 0.05) is 10.9 Å². The molecule has 2 aliphatic heterocycles. The van der Waals surface area contributed by atoms with Gasteiger partial charge in [-0.25, -0.2) is 9.78 Å². The fraction of sp³-hybridized carbons (Fsp3) is 0.318. The Bertz CT molecular complexity index is 1280. The second-order valence-electron chi connectivity index (χ2n) is 7.69. The highest BCUT2D eigenvalue weighted by Gasteiger charge is 2.44. The van der Waals surface area contributed by atoms with Gasteiger partial charge in [0.15, 0.2) is 0 Å². The first-order chi connectivity index (χ1) is 13.9. The van der Waals surface area contributed by atoms with Crippen molar-refractivity contribution in [2.24, 2.45) is 5.73 Å². The van der Waals surface area contributed by atoms with Crippen molar-refractivity contribution in [3.8, 4) is 17.1 Å². The Morgan fingerprint density at radius 3 is 2.76 bits per heavy atom. The van der Waals surface area contributed by atoms with E-state index in [1.54, 1.807) is 22.8 Å². The second kappa shape index (κ2) is 5.90. The van der Waals surface area contributed by atoms with E-state index in [-0.39, 0.29) is 17.9 Å². The van der Waals surface area contributed by atoms with E-state index in [1.165, 1.54) is 0 Å². The highest BCUT2D eigenvalue weighted by molar-refractivity contribution is 5.90. The van der Waals surface area contributed by atoms with Crippen LogP contribution in [0, 0.1) is 0 Å². The molecule has 2 aromatic heterocycles. The normalized spacial score (nSPS) is 19.6. The molecule has 4 heterocycles. The number of ether oxygens (including phenoxy) is 1. The van der Waals surface area contributed by atoms with Crippen LogP contribution < -0.4 is 11.3 Å². The van der Waals surface area contributed by atoms with E-state index in [2.05, 4.69) is 0 Å². The van der Waals surface area contributed by atoms with E-state index in [9.17, 15) is 14.7 Å². The summed E-state index contributed by atoms with van der Waals surface area (Å²) in [5.41, 5.74) is 10.0. The molecular formula is C22H21N3O4. The molecule has 7 heteroatoms. The van der Waals surface area contributed by atoms with Crippen molar-refractivity contribution in [3.63, 3.8) is 0 Å². The minimum atomic E-state index is -1.33. The number of phenols is 1. The number of cyclic esters (lactones) is 1. The summed E-state index contributed by atoms with van der Waals surface area (Å²) < 4.78 is 6.91. The average molecular weight is 391 g/mol. The summed E-state index contributed by atoms with van der Waals surface area (Å²) in [6.07, 6.45) is 1.07. The number of nitrogens with zero attached hydrogens (tertiary/aromatic N) is 2. The number of aromatic hydroxyl groups is 1. The molecule has 0 radical (unpaired) electrons. The van der Waals surface area contributed by atoms with Gasteiger partial charge in [0.2, 0.25) is 0 Å². The van der Waals surface area contributed by atoms with Gasteiger partial charge in [0.25, 0.3) is 5.56 Å². The number of rotatable bonds is 2. The fourth-order valence-corrected chi connectivity index (χ4v) is 4.59. The number of pyridine rings is 2. The first-order valence-electron chi connectivity index (χ1n) is 9.77. The number of carbonyl (C=O) groups is 1. The molecule has 29 heavy (non-hydrogen) atoms. The largest absolute Gasteiger partial charge is 0.508 e. The lowest BCUT2D eigenvalue weighted by Gasteiger charge is -2.32. The third kappa shape index (κ3) is 2.25. The van der Waals surface area contributed by atoms with Crippen molar-refractivity contribution in [2.75, 3.05) is 0 Å². The zero-order chi connectivity index (χ0) is 20.5. The first kappa shape index (κ1) is 17.9. The van der Waals surface area contributed by atoms with Gasteiger partial charge in [-0.05, 0) is 48.2 Å². The Balaban J connectivity index is 1.84. The number of benzene rings is 1. The Hall–Kier alpha value is -3.19. The molecule has 148 valence electrons. The van der Waals surface area contributed by atoms with Crippen molar-refractivity contribution in [1.29, 1.82) is 0 Å². The van der Waals surface area contributed by atoms with E-state index in [0.717, 1.165) is 34.1 Å². The third-order valence-electron chi connectivity index (χ3n) is 6.25. The van der Waals surface area contributed by atoms with Crippen LogP contribution in [0.5, 0.6) is 5.75 Å². The SMILES string of the molecule is CCc1c2c(nc3ccc(O)cc13)-c1cc3c(c(=O)n1C2)COC(=O)[C@]3(N)CC. The zero-order valence-electron chi connectivity index (χ0n) is 16.3. The minimum absolute atomic E-state index is 0.0630. The van der Waals surface area contributed by atoms with Crippen LogP contribution in [0.3, 0.4) is 0 Å². The average Bonchev–Trinajstić information content (AvgIpc) is 3.08. The lowest BCUT2D eigenvalue weighted by atomic mass is 9.83. The quantitative estimate of drug-likeness (QED) is 0.508. The van der Waals surface area contributed by atoms with Crippen LogP contribution in [0.4, 0.5) is 0 Å². The molecule has 5 rings (SSSR count). The van der Waals surface area contributed by atoms with Crippen LogP contribution >= 0.6 is 0 Å². The molecular weight excluding hydrogens is 370 g/mol. The summed E-state index contributed by atoms with van der Waals surface area (Å²) in [7, 11) is 0. The van der Waals surface area contributed by atoms with Crippen molar-refractivity contribution in [1.82, 2.24) is 9.55 Å². The topological polar surface area (TPSA) is 107 Å². The Morgan fingerprint density at radius 2 is 2.03 bits per heavy atom. The number of aromatic nitrogens is 2. The maximum atomic E-state index is 13.3. The molecule has 0 bridgehead atoms. The number of esters is 1. The zero-order valence-corrected chi connectivity index (χ0v) is 16.3. The Kier molecular flexibility index (Phi) is 3.64. The second-order valence-corrected chi connectivity index (χ2v) is 7.69. The molecule has 0 spiro atoms. The lowest BCUT2D eigenvalue weighted by Crippen LogP contribution is -2.50. The standard InChI is InChI=1S/C22H21N3O4/c1-3-12-13-7-11(26)5-6-17(13)24-19-14(12)9-25-18(19)8-16-15(20(25)27)10-29-21(28)22(16,23)4-2/h5-8,26H,3-4,9-10,23H2,1-2H3/t22-/m0/s1. The Labute approximate surface area is 166 Å². The van der Waals surface area contributed by atoms with Crippen LogP contribution in [-0.4, -0.2) is 20.6 Å². The summed E-state index contributed by atoms with van der Waals surface area (Å²) >= 11 is 0. The maximum absolute atomic E-state index is 13.3. The molecule has 7 nitrogen and oxygen atoms in total. The third-order valence-corrected chi connectivity index (χ3v) is 6.25. The van der Waals surface area contributed by atoms with Gasteiger partial charge in [-0.3, -0.25) is 4.79 Å². The van der Waals surface area contributed by atoms with Gasteiger partial charge in [-0.1, -0.05) is 13.8 Å². The molecule has 0 saturated carbocycles. The van der Waals surface area contributed by atoms with Gasteiger partial charge in [-0.15, -0.1) is 0 Å². The summed E-state index contributed by atoms with van der Waals surface area (Å²) in [4.78, 5) is 30.5. The summed E-state index contributed by atoms with van der Waals surface area (Å²) in [5, 5.41) is 10.8. The van der Waals surface area contributed by atoms with Crippen molar-refractivity contribution >= 4 is 16.9 Å². The Morgan fingerprint density at radius 1 is 1.24 bits per heavy atom. The molecule has 3 aromatic rings. The highest BCUT2D eigenvalue weighted by atomic mass is 16.5. The van der Waals surface area contributed by atoms with Crippen LogP contribution in [-0.2, 0) is 34.6 Å². The summed E-state index contributed by atoms with van der Waals surface area (Å²) in [6.45, 7) is 4.19. The molecule has 0 unspecified atom stereocenters. The minimum Gasteiger partial charge on any atom is -0.508 e. The summed E-state index contributed by atoms with van der Waals surface area (Å²) in [6, 6.07) is 6.94. The van der Waals surface area contributed by atoms with Crippen LogP contribution in [0.15, 0.2) is 29.1 Å². The molecule has 1 atom stereocenters. The predicted molar refractivity (Wildman–Crippen MR) is 108 cm³/mol. The van der Waals surface area contributed by atoms with Crippen molar-refractivity contribution < 1.29 is 14.6 Å². The van der Waals surface area contributed by atoms with Gasteiger partial charge in [0.05, 0.1) is 29.0 Å². The van der Waals surface area contributed by atoms with E-state index in [1.807, 2.05) is 19.9 Å². The van der Waals surface area contributed by atoms with Crippen molar-refractivity contribution in [3.05, 3.63) is 56.9 Å².